The number of hydrogen-bond acceptors (Lipinski definition) is 4. The predicted molar refractivity (Wildman–Crippen MR) is 65.1 cm³/mol. The van der Waals surface area contributed by atoms with Gasteiger partial charge in [-0.25, -0.2) is 0 Å². The van der Waals surface area contributed by atoms with E-state index in [1.54, 1.807) is 20.8 Å². The van der Waals surface area contributed by atoms with Crippen LogP contribution in [0.25, 0.3) is 0 Å². The second kappa shape index (κ2) is 3.95. The van der Waals surface area contributed by atoms with Crippen LogP contribution in [0.3, 0.4) is 0 Å². The third kappa shape index (κ3) is 1.90. The molecule has 102 valence electrons. The van der Waals surface area contributed by atoms with Gasteiger partial charge >= 0.3 is 11.9 Å². The quantitative estimate of drug-likeness (QED) is 0.572. The molecule has 1 unspecified atom stereocenters. The Hall–Kier alpha value is -1.10. The van der Waals surface area contributed by atoms with Crippen LogP contribution in [0.5, 0.6) is 0 Å². The zero-order chi connectivity index (χ0) is 13.6. The molecule has 0 amide bonds. The van der Waals surface area contributed by atoms with Crippen molar-refractivity contribution < 1.29 is 19.4 Å². The van der Waals surface area contributed by atoms with Gasteiger partial charge in [-0.3, -0.25) is 9.59 Å². The van der Waals surface area contributed by atoms with E-state index >= 15 is 0 Å². The van der Waals surface area contributed by atoms with Crippen LogP contribution in [0.1, 0.15) is 40.0 Å². The standard InChI is InChI=1S/C13H21NO4/c1-11(2,3)18-10(17)13(9(15)16)8-12(13)4-6-14-7-5-12/h14H,4-8H2,1-3H3,(H,15,16). The average molecular weight is 255 g/mol. The second-order valence-electron chi connectivity index (χ2n) is 6.42. The number of ether oxygens (including phenoxy) is 1. The summed E-state index contributed by atoms with van der Waals surface area (Å²) in [5, 5.41) is 12.7. The Bertz CT molecular complexity index is 379. The van der Waals surface area contributed by atoms with Crippen LogP contribution in [0.2, 0.25) is 0 Å². The molecular weight excluding hydrogens is 234 g/mol. The number of esters is 1. The molecule has 1 atom stereocenters. The fourth-order valence-electron chi connectivity index (χ4n) is 3.02. The highest BCUT2D eigenvalue weighted by atomic mass is 16.6. The Kier molecular flexibility index (Phi) is 2.93. The van der Waals surface area contributed by atoms with E-state index in [0.717, 1.165) is 25.9 Å². The number of aliphatic carboxylic acids is 1. The lowest BCUT2D eigenvalue weighted by molar-refractivity contribution is -0.171. The monoisotopic (exact) mass is 255 g/mol. The predicted octanol–water partition coefficient (Wildman–Crippen LogP) is 1.17. The molecule has 0 aromatic carbocycles. The molecule has 0 bridgehead atoms. The van der Waals surface area contributed by atoms with Gasteiger partial charge in [0.1, 0.15) is 5.60 Å². The molecule has 5 nitrogen and oxygen atoms in total. The number of rotatable bonds is 2. The van der Waals surface area contributed by atoms with E-state index in [0.29, 0.717) is 6.42 Å². The van der Waals surface area contributed by atoms with E-state index < -0.39 is 23.0 Å². The highest BCUT2D eigenvalue weighted by Gasteiger charge is 2.77. The van der Waals surface area contributed by atoms with E-state index in [1.807, 2.05) is 0 Å². The summed E-state index contributed by atoms with van der Waals surface area (Å²) in [7, 11) is 0. The molecule has 1 aliphatic heterocycles. The minimum atomic E-state index is -1.30. The Morgan fingerprint density at radius 3 is 2.22 bits per heavy atom. The van der Waals surface area contributed by atoms with Crippen molar-refractivity contribution in [2.75, 3.05) is 13.1 Å². The molecule has 0 aromatic rings. The van der Waals surface area contributed by atoms with Gasteiger partial charge in [-0.1, -0.05) is 0 Å². The molecular formula is C13H21NO4. The molecule has 1 heterocycles. The van der Waals surface area contributed by atoms with Gasteiger partial charge in [0.2, 0.25) is 0 Å². The summed E-state index contributed by atoms with van der Waals surface area (Å²) in [6.07, 6.45) is 1.89. The molecule has 2 rings (SSSR count). The first kappa shape index (κ1) is 13.3. The molecule has 5 heteroatoms. The van der Waals surface area contributed by atoms with Crippen molar-refractivity contribution in [3.8, 4) is 0 Å². The minimum Gasteiger partial charge on any atom is -0.480 e. The zero-order valence-corrected chi connectivity index (χ0v) is 11.2. The molecule has 1 spiro atoms. The number of piperidine rings is 1. The van der Waals surface area contributed by atoms with Crippen LogP contribution >= 0.6 is 0 Å². The fraction of sp³-hybridized carbons (Fsp3) is 0.846. The van der Waals surface area contributed by atoms with E-state index in [2.05, 4.69) is 5.32 Å². The summed E-state index contributed by atoms with van der Waals surface area (Å²) in [4.78, 5) is 23.8. The van der Waals surface area contributed by atoms with Crippen molar-refractivity contribution in [3.05, 3.63) is 0 Å². The van der Waals surface area contributed by atoms with E-state index in [4.69, 9.17) is 4.74 Å². The van der Waals surface area contributed by atoms with Gasteiger partial charge in [-0.2, -0.15) is 0 Å². The highest BCUT2D eigenvalue weighted by molar-refractivity contribution is 6.04. The molecule has 1 aliphatic carbocycles. The van der Waals surface area contributed by atoms with Crippen LogP contribution in [0.15, 0.2) is 0 Å². The first-order chi connectivity index (χ1) is 8.24. The van der Waals surface area contributed by atoms with Gasteiger partial charge < -0.3 is 15.2 Å². The Labute approximate surface area is 107 Å². The lowest BCUT2D eigenvalue weighted by Gasteiger charge is -2.28. The summed E-state index contributed by atoms with van der Waals surface area (Å²) < 4.78 is 5.31. The van der Waals surface area contributed by atoms with Crippen molar-refractivity contribution in [1.82, 2.24) is 5.32 Å². The lowest BCUT2D eigenvalue weighted by Crippen LogP contribution is -2.41. The third-order valence-corrected chi connectivity index (χ3v) is 4.06. The normalized spacial score (nSPS) is 29.9. The summed E-state index contributed by atoms with van der Waals surface area (Å²) >= 11 is 0. The van der Waals surface area contributed by atoms with Gasteiger partial charge in [-0.15, -0.1) is 0 Å². The maximum Gasteiger partial charge on any atom is 0.324 e. The number of nitrogens with one attached hydrogen (secondary N) is 1. The SMILES string of the molecule is CC(C)(C)OC(=O)C1(C(=O)O)CC12CCNCC2. The van der Waals surface area contributed by atoms with Crippen LogP contribution < -0.4 is 5.32 Å². The summed E-state index contributed by atoms with van der Waals surface area (Å²) in [5.41, 5.74) is -2.33. The molecule has 0 radical (unpaired) electrons. The maximum atomic E-state index is 12.2. The smallest absolute Gasteiger partial charge is 0.324 e. The van der Waals surface area contributed by atoms with Gasteiger partial charge in [0.05, 0.1) is 0 Å². The lowest BCUT2D eigenvalue weighted by atomic mass is 9.84. The summed E-state index contributed by atoms with van der Waals surface area (Å²) in [5.74, 6) is -1.59. The minimum absolute atomic E-state index is 0.383. The van der Waals surface area contributed by atoms with Crippen molar-refractivity contribution in [3.63, 3.8) is 0 Å². The number of carbonyl (C=O) groups is 2. The fourth-order valence-corrected chi connectivity index (χ4v) is 3.02. The first-order valence-electron chi connectivity index (χ1n) is 6.41. The molecule has 18 heavy (non-hydrogen) atoms. The van der Waals surface area contributed by atoms with Crippen LogP contribution in [0.4, 0.5) is 0 Å². The zero-order valence-electron chi connectivity index (χ0n) is 11.2. The number of carboxylic acids is 1. The van der Waals surface area contributed by atoms with Gasteiger partial charge in [0.15, 0.2) is 5.41 Å². The molecule has 1 saturated carbocycles. The Balaban J connectivity index is 2.21. The maximum absolute atomic E-state index is 12.2. The van der Waals surface area contributed by atoms with Gasteiger partial charge in [-0.05, 0) is 53.1 Å². The van der Waals surface area contributed by atoms with Crippen LogP contribution in [-0.4, -0.2) is 35.7 Å². The van der Waals surface area contributed by atoms with Crippen LogP contribution in [0, 0.1) is 10.8 Å². The van der Waals surface area contributed by atoms with Crippen molar-refractivity contribution in [1.29, 1.82) is 0 Å². The van der Waals surface area contributed by atoms with E-state index in [9.17, 15) is 14.7 Å². The second-order valence-corrected chi connectivity index (χ2v) is 6.42. The van der Waals surface area contributed by atoms with E-state index in [1.165, 1.54) is 0 Å². The molecule has 2 fully saturated rings. The number of hydrogen-bond donors (Lipinski definition) is 2. The largest absolute Gasteiger partial charge is 0.480 e. The topological polar surface area (TPSA) is 75.6 Å². The molecule has 0 aromatic heterocycles. The number of carbonyl (C=O) groups excluding carboxylic acids is 1. The average Bonchev–Trinajstić information content (AvgIpc) is 2.86. The van der Waals surface area contributed by atoms with Crippen molar-refractivity contribution in [2.45, 2.75) is 45.6 Å². The van der Waals surface area contributed by atoms with Crippen LogP contribution in [-0.2, 0) is 14.3 Å². The first-order valence-corrected chi connectivity index (χ1v) is 6.41. The Morgan fingerprint density at radius 2 is 1.78 bits per heavy atom. The third-order valence-electron chi connectivity index (χ3n) is 4.06. The van der Waals surface area contributed by atoms with Gasteiger partial charge in [0.25, 0.3) is 0 Å². The van der Waals surface area contributed by atoms with Crippen molar-refractivity contribution >= 4 is 11.9 Å². The summed E-state index contributed by atoms with van der Waals surface area (Å²) in [6.45, 7) is 6.84. The van der Waals surface area contributed by atoms with Crippen molar-refractivity contribution in [2.24, 2.45) is 10.8 Å². The Morgan fingerprint density at radius 1 is 1.22 bits per heavy atom. The summed E-state index contributed by atoms with van der Waals surface area (Å²) in [6, 6.07) is 0. The number of carboxylic acid groups (broad SMARTS) is 1. The highest BCUT2D eigenvalue weighted by Crippen LogP contribution is 2.69. The molecule has 2 N–H and O–H groups in total. The van der Waals surface area contributed by atoms with E-state index in [-0.39, 0.29) is 5.41 Å². The molecule has 1 saturated heterocycles. The molecule has 2 aliphatic rings. The van der Waals surface area contributed by atoms with Gasteiger partial charge in [0, 0.05) is 5.41 Å².